The van der Waals surface area contributed by atoms with E-state index in [1.54, 1.807) is 22.8 Å². The molecule has 36 heavy (non-hydrogen) atoms. The quantitative estimate of drug-likeness (QED) is 0.361. The van der Waals surface area contributed by atoms with Gasteiger partial charge in [-0.15, -0.1) is 0 Å². The molecule has 180 valence electrons. The van der Waals surface area contributed by atoms with E-state index < -0.39 is 0 Å². The van der Waals surface area contributed by atoms with Gasteiger partial charge in [-0.2, -0.15) is 10.2 Å². The number of pyridine rings is 1. The lowest BCUT2D eigenvalue weighted by molar-refractivity contribution is -0.118. The van der Waals surface area contributed by atoms with E-state index >= 15 is 0 Å². The Morgan fingerprint density at radius 1 is 0.944 bits per heavy atom. The van der Waals surface area contributed by atoms with Crippen LogP contribution >= 0.6 is 0 Å². The summed E-state index contributed by atoms with van der Waals surface area (Å²) in [6.45, 7) is 3.69. The predicted octanol–water partition coefficient (Wildman–Crippen LogP) is 4.82. The fourth-order valence-electron chi connectivity index (χ4n) is 3.96. The van der Waals surface area contributed by atoms with Gasteiger partial charge in [-0.1, -0.05) is 48.5 Å². The largest absolute Gasteiger partial charge is 0.484 e. The first kappa shape index (κ1) is 23.0. The highest BCUT2D eigenvalue weighted by Gasteiger charge is 2.19. The van der Waals surface area contributed by atoms with E-state index in [0.29, 0.717) is 17.1 Å². The molecule has 0 saturated heterocycles. The van der Waals surface area contributed by atoms with E-state index in [9.17, 15) is 9.59 Å². The van der Waals surface area contributed by atoms with E-state index in [4.69, 9.17) is 9.84 Å². The molecule has 3 heterocycles. The molecule has 0 aliphatic carbocycles. The number of benzene rings is 2. The average Bonchev–Trinajstić information content (AvgIpc) is 3.27. The van der Waals surface area contributed by atoms with Crippen LogP contribution in [0, 0.1) is 0 Å². The lowest BCUT2D eigenvalue weighted by atomic mass is 10.0. The molecule has 5 rings (SSSR count). The van der Waals surface area contributed by atoms with Crippen molar-refractivity contribution < 1.29 is 9.53 Å². The smallest absolute Gasteiger partial charge is 0.267 e. The molecule has 3 aromatic heterocycles. The molecule has 0 unspecified atom stereocenters. The lowest BCUT2D eigenvalue weighted by Crippen LogP contribution is -2.23. The molecule has 0 aliphatic rings. The summed E-state index contributed by atoms with van der Waals surface area (Å²) in [5, 5.41) is 12.3. The molecular formula is C28H25N5O3. The molecule has 0 spiro atoms. The van der Waals surface area contributed by atoms with Crippen molar-refractivity contribution >= 4 is 17.1 Å². The fourth-order valence-corrected chi connectivity index (χ4v) is 3.96. The normalized spacial score (nSPS) is 11.1. The average molecular weight is 480 g/mol. The number of rotatable bonds is 7. The summed E-state index contributed by atoms with van der Waals surface area (Å²) in [5.41, 5.74) is 4.33. The first-order valence-corrected chi connectivity index (χ1v) is 11.7. The maximum absolute atomic E-state index is 12.4. The van der Waals surface area contributed by atoms with Gasteiger partial charge in [0.05, 0.1) is 22.8 Å². The highest BCUT2D eigenvalue weighted by Crippen LogP contribution is 2.35. The zero-order valence-corrected chi connectivity index (χ0v) is 20.0. The molecule has 0 bridgehead atoms. The van der Waals surface area contributed by atoms with Crippen molar-refractivity contribution in [1.82, 2.24) is 19.4 Å². The fraction of sp³-hybridized carbons (Fsp3) is 0.143. The Hall–Kier alpha value is -4.72. The Labute approximate surface area is 207 Å². The van der Waals surface area contributed by atoms with E-state index in [-0.39, 0.29) is 24.1 Å². The van der Waals surface area contributed by atoms with Crippen molar-refractivity contribution in [3.05, 3.63) is 101 Å². The summed E-state index contributed by atoms with van der Waals surface area (Å²) < 4.78 is 9.02. The van der Waals surface area contributed by atoms with Crippen LogP contribution in [0.2, 0.25) is 0 Å². The molecular weight excluding hydrogens is 454 g/mol. The third-order valence-electron chi connectivity index (χ3n) is 5.65. The van der Waals surface area contributed by atoms with Gasteiger partial charge in [-0.25, -0.2) is 9.20 Å². The summed E-state index contributed by atoms with van der Waals surface area (Å²) in [6, 6.07) is 25.8. The number of nitrogens with one attached hydrogen (secondary N) is 1. The third kappa shape index (κ3) is 4.74. The Kier molecular flexibility index (Phi) is 6.32. The van der Waals surface area contributed by atoms with Crippen molar-refractivity contribution in [2.75, 3.05) is 11.9 Å². The van der Waals surface area contributed by atoms with Crippen LogP contribution in [-0.4, -0.2) is 31.9 Å². The minimum absolute atomic E-state index is 0.0958. The van der Waals surface area contributed by atoms with Crippen LogP contribution < -0.4 is 15.6 Å². The molecule has 8 heteroatoms. The maximum Gasteiger partial charge on any atom is 0.267 e. The monoisotopic (exact) mass is 479 g/mol. The molecule has 1 amide bonds. The molecule has 2 aromatic carbocycles. The van der Waals surface area contributed by atoms with E-state index in [1.807, 2.05) is 80.6 Å². The van der Waals surface area contributed by atoms with E-state index in [1.165, 1.54) is 10.7 Å². The number of aromatic nitrogens is 4. The highest BCUT2D eigenvalue weighted by molar-refractivity contribution is 5.92. The zero-order chi connectivity index (χ0) is 25.1. The number of carbonyl (C=O) groups is 1. The Morgan fingerprint density at radius 3 is 2.39 bits per heavy atom. The minimum Gasteiger partial charge on any atom is -0.484 e. The Balaban J connectivity index is 1.53. The third-order valence-corrected chi connectivity index (χ3v) is 5.65. The summed E-state index contributed by atoms with van der Waals surface area (Å²) in [5.74, 6) is 0.258. The van der Waals surface area contributed by atoms with Crippen molar-refractivity contribution in [1.29, 1.82) is 0 Å². The second-order valence-corrected chi connectivity index (χ2v) is 8.58. The van der Waals surface area contributed by atoms with E-state index in [2.05, 4.69) is 10.4 Å². The van der Waals surface area contributed by atoms with Gasteiger partial charge in [0.15, 0.2) is 6.61 Å². The zero-order valence-electron chi connectivity index (χ0n) is 20.0. The van der Waals surface area contributed by atoms with Gasteiger partial charge < -0.3 is 10.1 Å². The van der Waals surface area contributed by atoms with Gasteiger partial charge in [0.25, 0.3) is 11.5 Å². The number of carbonyl (C=O) groups excluding carboxylic acids is 1. The molecule has 5 aromatic rings. The Morgan fingerprint density at radius 2 is 1.67 bits per heavy atom. The van der Waals surface area contributed by atoms with Crippen LogP contribution in [0.5, 0.6) is 5.75 Å². The SMILES string of the molecule is CC(C)n1nc(-c2c(-c3ccccc3)nn3ccc(OCC(=O)Nc4ccccc4)cc23)ccc1=O. The van der Waals surface area contributed by atoms with Gasteiger partial charge in [0.1, 0.15) is 11.4 Å². The van der Waals surface area contributed by atoms with Crippen LogP contribution in [-0.2, 0) is 4.79 Å². The van der Waals surface area contributed by atoms with Crippen LogP contribution in [0.4, 0.5) is 5.69 Å². The molecule has 0 atom stereocenters. The van der Waals surface area contributed by atoms with Gasteiger partial charge >= 0.3 is 0 Å². The van der Waals surface area contributed by atoms with Crippen LogP contribution in [0.3, 0.4) is 0 Å². The number of hydrogen-bond donors (Lipinski definition) is 1. The van der Waals surface area contributed by atoms with Gasteiger partial charge in [0, 0.05) is 29.6 Å². The number of fused-ring (bicyclic) bond motifs is 1. The van der Waals surface area contributed by atoms with Crippen molar-refractivity contribution in [3.63, 3.8) is 0 Å². The van der Waals surface area contributed by atoms with Gasteiger partial charge in [-0.05, 0) is 38.1 Å². The standard InChI is InChI=1S/C28H25N5O3/c1-19(2)33-26(35)14-13-23(30-33)27-24-17-22(36-18-25(34)29-21-11-7-4-8-12-21)15-16-32(24)31-28(27)20-9-5-3-6-10-20/h3-17,19H,18H2,1-2H3,(H,29,34). The minimum atomic E-state index is -0.259. The second-order valence-electron chi connectivity index (χ2n) is 8.58. The summed E-state index contributed by atoms with van der Waals surface area (Å²) in [7, 11) is 0. The van der Waals surface area contributed by atoms with Crippen LogP contribution in [0.1, 0.15) is 19.9 Å². The van der Waals surface area contributed by atoms with Gasteiger partial charge in [-0.3, -0.25) is 9.59 Å². The first-order chi connectivity index (χ1) is 17.5. The lowest BCUT2D eigenvalue weighted by Gasteiger charge is -2.11. The van der Waals surface area contributed by atoms with Crippen molar-refractivity contribution in [3.8, 4) is 28.3 Å². The van der Waals surface area contributed by atoms with Gasteiger partial charge in [0.2, 0.25) is 0 Å². The van der Waals surface area contributed by atoms with Crippen molar-refractivity contribution in [2.45, 2.75) is 19.9 Å². The van der Waals surface area contributed by atoms with Crippen molar-refractivity contribution in [2.24, 2.45) is 0 Å². The number of para-hydroxylation sites is 1. The number of nitrogens with zero attached hydrogens (tertiary/aromatic N) is 4. The molecule has 0 fully saturated rings. The number of ether oxygens (including phenoxy) is 1. The Bertz CT molecular complexity index is 1570. The molecule has 1 N–H and O–H groups in total. The van der Waals surface area contributed by atoms with E-state index in [0.717, 1.165) is 22.3 Å². The summed E-state index contributed by atoms with van der Waals surface area (Å²) in [4.78, 5) is 24.7. The number of amides is 1. The topological polar surface area (TPSA) is 90.5 Å². The molecule has 0 aliphatic heterocycles. The predicted molar refractivity (Wildman–Crippen MR) is 139 cm³/mol. The first-order valence-electron chi connectivity index (χ1n) is 11.7. The highest BCUT2D eigenvalue weighted by atomic mass is 16.5. The number of anilines is 1. The van der Waals surface area contributed by atoms with Crippen LogP contribution in [0.25, 0.3) is 28.0 Å². The molecule has 8 nitrogen and oxygen atoms in total. The molecule has 0 saturated carbocycles. The molecule has 0 radical (unpaired) electrons. The summed E-state index contributed by atoms with van der Waals surface area (Å²) >= 11 is 0. The summed E-state index contributed by atoms with van der Waals surface area (Å²) in [6.07, 6.45) is 1.79. The second kappa shape index (κ2) is 9.87. The maximum atomic E-state index is 12.4. The van der Waals surface area contributed by atoms with Crippen LogP contribution in [0.15, 0.2) is 95.9 Å². The number of hydrogen-bond acceptors (Lipinski definition) is 5.